The molecular formula is C19H16N2. The lowest BCUT2D eigenvalue weighted by Gasteiger charge is -1.91. The zero-order valence-electron chi connectivity index (χ0n) is 11.9. The predicted octanol–water partition coefficient (Wildman–Crippen LogP) is 3.20. The first-order valence-electron chi connectivity index (χ1n) is 7.09. The lowest BCUT2D eigenvalue weighted by molar-refractivity contribution is 1.24. The maximum absolute atomic E-state index is 4.09. The van der Waals surface area contributed by atoms with Crippen LogP contribution in [0.3, 0.4) is 0 Å². The molecule has 2 aromatic carbocycles. The summed E-state index contributed by atoms with van der Waals surface area (Å²) in [6.45, 7) is 6.20. The molecule has 0 unspecified atom stereocenters. The lowest BCUT2D eigenvalue weighted by atomic mass is 10.1. The van der Waals surface area contributed by atoms with Crippen LogP contribution in [0, 0.1) is 6.92 Å². The molecule has 0 radical (unpaired) electrons. The van der Waals surface area contributed by atoms with E-state index in [1.54, 1.807) is 0 Å². The van der Waals surface area contributed by atoms with Crippen LogP contribution >= 0.6 is 0 Å². The van der Waals surface area contributed by atoms with Crippen LogP contribution in [0.5, 0.6) is 0 Å². The molecule has 0 spiro atoms. The zero-order chi connectivity index (χ0) is 14.4. The van der Waals surface area contributed by atoms with Crippen LogP contribution < -0.4 is 10.7 Å². The highest BCUT2D eigenvalue weighted by molar-refractivity contribution is 5.93. The highest BCUT2D eigenvalue weighted by Crippen LogP contribution is 2.22. The summed E-state index contributed by atoms with van der Waals surface area (Å²) in [5.41, 5.74) is 2.33. The van der Waals surface area contributed by atoms with Crippen molar-refractivity contribution < 1.29 is 0 Å². The van der Waals surface area contributed by atoms with Crippen molar-refractivity contribution in [1.29, 1.82) is 0 Å². The van der Waals surface area contributed by atoms with Crippen molar-refractivity contribution in [1.82, 2.24) is 9.97 Å². The Morgan fingerprint density at radius 3 is 2.19 bits per heavy atom. The molecule has 0 aliphatic rings. The lowest BCUT2D eigenvalue weighted by Crippen LogP contribution is -2.08. The standard InChI is InChI=1S/C19H16N2/c1-12-14-7-3-5-9-16(14)18(20-12)11-19-17-10-6-4-8-15(17)13(2)21-19/h3-11,20-21H,1H2,2H3/b18-11-. The topological polar surface area (TPSA) is 31.6 Å². The van der Waals surface area contributed by atoms with E-state index in [1.165, 1.54) is 27.2 Å². The van der Waals surface area contributed by atoms with Crippen molar-refractivity contribution in [2.24, 2.45) is 0 Å². The van der Waals surface area contributed by atoms with E-state index in [1.807, 2.05) is 6.07 Å². The van der Waals surface area contributed by atoms with Gasteiger partial charge in [-0.1, -0.05) is 55.1 Å². The third-order valence-electron chi connectivity index (χ3n) is 4.06. The van der Waals surface area contributed by atoms with Crippen molar-refractivity contribution in [3.05, 3.63) is 70.6 Å². The van der Waals surface area contributed by atoms with Crippen molar-refractivity contribution in [3.8, 4) is 0 Å². The number of aromatic nitrogens is 2. The molecule has 0 aliphatic carbocycles. The normalized spacial score (nSPS) is 12.5. The molecule has 0 saturated heterocycles. The molecule has 102 valence electrons. The fourth-order valence-corrected chi connectivity index (χ4v) is 3.03. The van der Waals surface area contributed by atoms with Gasteiger partial charge in [0, 0.05) is 43.6 Å². The SMILES string of the molecule is C=c1[nH]/c(=C\c2[nH]c(C)c3ccccc23)c2ccccc12. The highest BCUT2D eigenvalue weighted by Gasteiger charge is 2.05. The summed E-state index contributed by atoms with van der Waals surface area (Å²) < 4.78 is 0. The van der Waals surface area contributed by atoms with Crippen LogP contribution in [0.25, 0.3) is 34.2 Å². The molecule has 2 nitrogen and oxygen atoms in total. The first-order valence-corrected chi connectivity index (χ1v) is 7.09. The summed E-state index contributed by atoms with van der Waals surface area (Å²) in [7, 11) is 0. The summed E-state index contributed by atoms with van der Waals surface area (Å²) in [5, 5.41) is 6.97. The molecule has 4 aromatic rings. The van der Waals surface area contributed by atoms with Crippen LogP contribution in [0.15, 0.2) is 48.5 Å². The summed E-state index contributed by atoms with van der Waals surface area (Å²) >= 11 is 0. The van der Waals surface area contributed by atoms with Crippen LogP contribution in [0.1, 0.15) is 11.4 Å². The largest absolute Gasteiger partial charge is 0.358 e. The van der Waals surface area contributed by atoms with Crippen LogP contribution in [0.4, 0.5) is 0 Å². The highest BCUT2D eigenvalue weighted by atomic mass is 14.7. The number of aromatic amines is 2. The number of hydrogen-bond acceptors (Lipinski definition) is 0. The van der Waals surface area contributed by atoms with Crippen LogP contribution in [-0.2, 0) is 0 Å². The van der Waals surface area contributed by atoms with Gasteiger partial charge in [0.15, 0.2) is 0 Å². The average molecular weight is 272 g/mol. The Kier molecular flexibility index (Phi) is 2.51. The van der Waals surface area contributed by atoms with Crippen molar-refractivity contribution >= 4 is 34.2 Å². The molecule has 2 N–H and O–H groups in total. The summed E-state index contributed by atoms with van der Waals surface area (Å²) in [5.74, 6) is 0. The van der Waals surface area contributed by atoms with Gasteiger partial charge >= 0.3 is 0 Å². The van der Waals surface area contributed by atoms with Gasteiger partial charge in [-0.15, -0.1) is 0 Å². The minimum Gasteiger partial charge on any atom is -0.358 e. The molecule has 0 saturated carbocycles. The van der Waals surface area contributed by atoms with Gasteiger partial charge in [0.2, 0.25) is 0 Å². The van der Waals surface area contributed by atoms with E-state index in [2.05, 4.69) is 72.0 Å². The first kappa shape index (κ1) is 12.0. The van der Waals surface area contributed by atoms with Crippen LogP contribution in [-0.4, -0.2) is 9.97 Å². The fourth-order valence-electron chi connectivity index (χ4n) is 3.03. The Morgan fingerprint density at radius 1 is 0.810 bits per heavy atom. The van der Waals surface area contributed by atoms with E-state index in [9.17, 15) is 0 Å². The molecule has 2 heterocycles. The second-order valence-electron chi connectivity index (χ2n) is 5.42. The summed E-state index contributed by atoms with van der Waals surface area (Å²) in [6.07, 6.45) is 2.17. The zero-order valence-corrected chi connectivity index (χ0v) is 11.9. The minimum atomic E-state index is 0.962. The predicted molar refractivity (Wildman–Crippen MR) is 89.7 cm³/mol. The smallest absolute Gasteiger partial charge is 0.0485 e. The number of aryl methyl sites for hydroxylation is 1. The van der Waals surface area contributed by atoms with E-state index >= 15 is 0 Å². The van der Waals surface area contributed by atoms with Gasteiger partial charge in [0.25, 0.3) is 0 Å². The molecule has 2 aromatic heterocycles. The fraction of sp³-hybridized carbons (Fsp3) is 0.0526. The Balaban J connectivity index is 2.07. The van der Waals surface area contributed by atoms with Gasteiger partial charge in [0.05, 0.1) is 0 Å². The quantitative estimate of drug-likeness (QED) is 0.533. The third kappa shape index (κ3) is 1.80. The molecule has 0 fully saturated rings. The number of rotatable bonds is 1. The van der Waals surface area contributed by atoms with E-state index < -0.39 is 0 Å². The Bertz CT molecular complexity index is 1060. The number of nitrogens with one attached hydrogen (secondary N) is 2. The van der Waals surface area contributed by atoms with Crippen molar-refractivity contribution in [2.45, 2.75) is 6.92 Å². The number of H-pyrrole nitrogens is 2. The summed E-state index contributed by atoms with van der Waals surface area (Å²) in [4.78, 5) is 6.87. The van der Waals surface area contributed by atoms with Crippen molar-refractivity contribution in [2.75, 3.05) is 0 Å². The second-order valence-corrected chi connectivity index (χ2v) is 5.42. The van der Waals surface area contributed by atoms with Gasteiger partial charge in [-0.2, -0.15) is 0 Å². The molecule has 4 rings (SSSR count). The van der Waals surface area contributed by atoms with Crippen molar-refractivity contribution in [3.63, 3.8) is 0 Å². The van der Waals surface area contributed by atoms with Gasteiger partial charge in [0.1, 0.15) is 0 Å². The van der Waals surface area contributed by atoms with E-state index in [4.69, 9.17) is 0 Å². The first-order chi connectivity index (χ1) is 10.2. The average Bonchev–Trinajstić information content (AvgIpc) is 3.00. The number of fused-ring (bicyclic) bond motifs is 2. The maximum atomic E-state index is 4.09. The second kappa shape index (κ2) is 4.38. The Morgan fingerprint density at radius 2 is 1.43 bits per heavy atom. The van der Waals surface area contributed by atoms with E-state index in [0.717, 1.165) is 16.4 Å². The maximum Gasteiger partial charge on any atom is 0.0485 e. The van der Waals surface area contributed by atoms with Gasteiger partial charge < -0.3 is 9.97 Å². The minimum absolute atomic E-state index is 0.962. The Labute approximate surface area is 122 Å². The van der Waals surface area contributed by atoms with E-state index in [-0.39, 0.29) is 0 Å². The third-order valence-corrected chi connectivity index (χ3v) is 4.06. The van der Waals surface area contributed by atoms with Gasteiger partial charge in [-0.3, -0.25) is 0 Å². The van der Waals surface area contributed by atoms with Crippen LogP contribution in [0.2, 0.25) is 0 Å². The van der Waals surface area contributed by atoms with Gasteiger partial charge in [-0.25, -0.2) is 0 Å². The monoisotopic (exact) mass is 272 g/mol. The molecule has 0 bridgehead atoms. The Hall–Kier alpha value is -2.74. The molecule has 2 heteroatoms. The summed E-state index contributed by atoms with van der Waals surface area (Å²) in [6, 6.07) is 16.8. The number of hydrogen-bond donors (Lipinski definition) is 2. The molecule has 0 aliphatic heterocycles. The molecule has 0 amide bonds. The molecule has 21 heavy (non-hydrogen) atoms. The molecule has 0 atom stereocenters. The number of benzene rings is 2. The van der Waals surface area contributed by atoms with Gasteiger partial charge in [-0.05, 0) is 13.0 Å². The van der Waals surface area contributed by atoms with E-state index in [0.29, 0.717) is 0 Å². The molecular weight excluding hydrogens is 256 g/mol.